The average Bonchev–Trinajstić information content (AvgIpc) is 3.38. The molecule has 0 spiro atoms. The smallest absolute Gasteiger partial charge is 0.301 e. The van der Waals surface area contributed by atoms with Gasteiger partial charge in [0.05, 0.1) is 28.9 Å². The van der Waals surface area contributed by atoms with Gasteiger partial charge in [-0.1, -0.05) is 57.6 Å². The van der Waals surface area contributed by atoms with Crippen LogP contribution in [0.1, 0.15) is 28.3 Å². The van der Waals surface area contributed by atoms with E-state index in [1.165, 1.54) is 23.3 Å². The molecule has 1 fully saturated rings. The molecule has 1 aliphatic heterocycles. The molecule has 35 heavy (non-hydrogen) atoms. The Morgan fingerprint density at radius 1 is 1.09 bits per heavy atom. The lowest BCUT2D eigenvalue weighted by Gasteiger charge is -2.23. The number of carbonyl (C=O) groups is 2. The van der Waals surface area contributed by atoms with Gasteiger partial charge in [0.1, 0.15) is 11.5 Å². The number of nitrogens with zero attached hydrogens (tertiary/aromatic N) is 2. The number of ketones is 1. The molecule has 0 unspecified atom stereocenters. The first-order valence-electron chi connectivity index (χ1n) is 10.9. The van der Waals surface area contributed by atoms with Crippen molar-refractivity contribution in [1.29, 1.82) is 0 Å². The van der Waals surface area contributed by atoms with E-state index in [2.05, 4.69) is 15.9 Å². The van der Waals surface area contributed by atoms with Crippen LogP contribution >= 0.6 is 27.3 Å². The third-order valence-electron chi connectivity index (χ3n) is 6.00. The zero-order valence-corrected chi connectivity index (χ0v) is 21.6. The second-order valence-corrected chi connectivity index (χ2v) is 10.3. The quantitative estimate of drug-likeness (QED) is 0.183. The molecule has 4 aromatic rings. The number of aliphatic hydroxyl groups is 1. The lowest BCUT2D eigenvalue weighted by Crippen LogP contribution is -2.29. The van der Waals surface area contributed by atoms with Gasteiger partial charge in [-0.2, -0.15) is 0 Å². The molecule has 0 bridgehead atoms. The summed E-state index contributed by atoms with van der Waals surface area (Å²) in [6, 6.07) is 17.3. The van der Waals surface area contributed by atoms with Gasteiger partial charge in [-0.05, 0) is 60.9 Å². The molecule has 176 valence electrons. The van der Waals surface area contributed by atoms with Gasteiger partial charge in [-0.25, -0.2) is 4.98 Å². The molecule has 2 heterocycles. The van der Waals surface area contributed by atoms with Gasteiger partial charge in [0.2, 0.25) is 0 Å². The van der Waals surface area contributed by atoms with Crippen molar-refractivity contribution in [2.45, 2.75) is 19.9 Å². The predicted octanol–water partition coefficient (Wildman–Crippen LogP) is 6.31. The van der Waals surface area contributed by atoms with Crippen LogP contribution in [0.5, 0.6) is 5.75 Å². The van der Waals surface area contributed by atoms with Crippen LogP contribution in [-0.4, -0.2) is 28.9 Å². The fraction of sp³-hybridized carbons (Fsp3) is 0.148. The number of ether oxygens (including phenoxy) is 1. The summed E-state index contributed by atoms with van der Waals surface area (Å²) in [6.45, 7) is 3.98. The normalized spacial score (nSPS) is 17.4. The first kappa shape index (κ1) is 23.3. The minimum Gasteiger partial charge on any atom is -0.507 e. The van der Waals surface area contributed by atoms with Crippen molar-refractivity contribution in [2.75, 3.05) is 12.0 Å². The summed E-state index contributed by atoms with van der Waals surface area (Å²) in [5.74, 6) is -1.22. The van der Waals surface area contributed by atoms with E-state index >= 15 is 0 Å². The summed E-state index contributed by atoms with van der Waals surface area (Å²) in [5, 5.41) is 11.7. The Labute approximate surface area is 214 Å². The minimum atomic E-state index is -0.837. The molecule has 1 saturated heterocycles. The maximum Gasteiger partial charge on any atom is 0.301 e. The molecule has 5 rings (SSSR count). The number of halogens is 1. The number of amides is 1. The van der Waals surface area contributed by atoms with Gasteiger partial charge >= 0.3 is 5.91 Å². The Balaban J connectivity index is 1.74. The van der Waals surface area contributed by atoms with Gasteiger partial charge in [0.25, 0.3) is 5.78 Å². The monoisotopic (exact) mass is 548 g/mol. The van der Waals surface area contributed by atoms with E-state index in [4.69, 9.17) is 9.72 Å². The van der Waals surface area contributed by atoms with Gasteiger partial charge in [0, 0.05) is 10.0 Å². The number of benzene rings is 3. The lowest BCUT2D eigenvalue weighted by molar-refractivity contribution is -0.132. The lowest BCUT2D eigenvalue weighted by atomic mass is 9.95. The number of thiazole rings is 1. The Hall–Kier alpha value is -3.49. The maximum absolute atomic E-state index is 13.4. The first-order chi connectivity index (χ1) is 16.8. The molecule has 0 saturated carbocycles. The topological polar surface area (TPSA) is 79.7 Å². The summed E-state index contributed by atoms with van der Waals surface area (Å²) in [4.78, 5) is 32.9. The highest BCUT2D eigenvalue weighted by Gasteiger charge is 2.48. The van der Waals surface area contributed by atoms with Crippen LogP contribution in [0, 0.1) is 13.8 Å². The number of aromatic nitrogens is 1. The van der Waals surface area contributed by atoms with Gasteiger partial charge in [0.15, 0.2) is 5.13 Å². The molecule has 1 aromatic heterocycles. The fourth-order valence-electron chi connectivity index (χ4n) is 4.38. The third kappa shape index (κ3) is 4.02. The van der Waals surface area contributed by atoms with Crippen LogP contribution in [0.15, 0.2) is 70.7 Å². The van der Waals surface area contributed by atoms with Crippen molar-refractivity contribution in [3.8, 4) is 5.75 Å². The number of aliphatic hydroxyl groups excluding tert-OH is 1. The Bertz CT molecular complexity index is 1520. The number of fused-ring (bicyclic) bond motifs is 1. The van der Waals surface area contributed by atoms with Crippen LogP contribution < -0.4 is 9.64 Å². The molecule has 1 amide bonds. The van der Waals surface area contributed by atoms with E-state index in [0.29, 0.717) is 22.0 Å². The summed E-state index contributed by atoms with van der Waals surface area (Å²) in [5.41, 5.74) is 3.97. The molecule has 0 radical (unpaired) electrons. The van der Waals surface area contributed by atoms with E-state index < -0.39 is 17.7 Å². The number of hydrogen-bond donors (Lipinski definition) is 1. The predicted molar refractivity (Wildman–Crippen MR) is 141 cm³/mol. The largest absolute Gasteiger partial charge is 0.507 e. The SMILES string of the molecule is COc1cccc(C(O)=C2C(=O)C(=O)N(c3nc4c(C)cc(C)cc4s3)[C@@H]2c2ccc(Br)cc2)c1. The standard InChI is InChI=1S/C27H21BrN2O4S/c1-14-11-15(2)22-20(12-14)35-27(29-22)30-23(16-7-9-18(28)10-8-16)21(25(32)26(30)33)24(31)17-5-4-6-19(13-17)34-3/h4-13,23,31H,1-3H3/t23-/m1/s1. The van der Waals surface area contributed by atoms with Crippen molar-refractivity contribution in [3.63, 3.8) is 0 Å². The van der Waals surface area contributed by atoms with E-state index in [1.54, 1.807) is 24.3 Å². The summed E-state index contributed by atoms with van der Waals surface area (Å²) >= 11 is 4.79. The van der Waals surface area contributed by atoms with E-state index in [9.17, 15) is 14.7 Å². The first-order valence-corrected chi connectivity index (χ1v) is 12.5. The number of hydrogen-bond acceptors (Lipinski definition) is 6. The summed E-state index contributed by atoms with van der Waals surface area (Å²) < 4.78 is 7.07. The maximum atomic E-state index is 13.4. The number of aryl methyl sites for hydroxylation is 2. The van der Waals surface area contributed by atoms with Crippen molar-refractivity contribution < 1.29 is 19.4 Å². The Morgan fingerprint density at radius 3 is 2.54 bits per heavy atom. The molecule has 8 heteroatoms. The highest BCUT2D eigenvalue weighted by Crippen LogP contribution is 2.45. The third-order valence-corrected chi connectivity index (χ3v) is 7.53. The molecule has 6 nitrogen and oxygen atoms in total. The van der Waals surface area contributed by atoms with Crippen molar-refractivity contribution in [3.05, 3.63) is 93.0 Å². The van der Waals surface area contributed by atoms with Gasteiger partial charge < -0.3 is 9.84 Å². The zero-order chi connectivity index (χ0) is 24.9. The number of carbonyl (C=O) groups excluding carboxylic acids is 2. The fourth-order valence-corrected chi connectivity index (χ4v) is 5.81. The van der Waals surface area contributed by atoms with Gasteiger partial charge in [-0.3, -0.25) is 14.5 Å². The molecular formula is C27H21BrN2O4S. The van der Waals surface area contributed by atoms with Gasteiger partial charge in [-0.15, -0.1) is 0 Å². The van der Waals surface area contributed by atoms with Crippen LogP contribution in [0.2, 0.25) is 0 Å². The second-order valence-electron chi connectivity index (χ2n) is 8.38. The zero-order valence-electron chi connectivity index (χ0n) is 19.2. The highest BCUT2D eigenvalue weighted by molar-refractivity contribution is 9.10. The minimum absolute atomic E-state index is 0.0118. The molecule has 1 aliphatic rings. The van der Waals surface area contributed by atoms with E-state index in [1.807, 2.05) is 50.2 Å². The number of anilines is 1. The molecule has 0 aliphatic carbocycles. The Morgan fingerprint density at radius 2 is 1.83 bits per heavy atom. The van der Waals surface area contributed by atoms with Crippen LogP contribution in [0.25, 0.3) is 16.0 Å². The van der Waals surface area contributed by atoms with E-state index in [0.717, 1.165) is 25.8 Å². The molecule has 3 aromatic carbocycles. The van der Waals surface area contributed by atoms with Crippen molar-refractivity contribution >= 4 is 60.1 Å². The van der Waals surface area contributed by atoms with Crippen molar-refractivity contribution in [2.24, 2.45) is 0 Å². The Kier molecular flexibility index (Phi) is 5.94. The summed E-state index contributed by atoms with van der Waals surface area (Å²) in [6.07, 6.45) is 0. The summed E-state index contributed by atoms with van der Waals surface area (Å²) in [7, 11) is 1.52. The second kappa shape index (κ2) is 8.94. The van der Waals surface area contributed by atoms with Crippen LogP contribution in [-0.2, 0) is 9.59 Å². The number of Topliss-reactive ketones (excluding diaryl/α,β-unsaturated/α-hetero) is 1. The molecule has 1 atom stereocenters. The number of methoxy groups -OCH3 is 1. The molecular weight excluding hydrogens is 528 g/mol. The van der Waals surface area contributed by atoms with Crippen LogP contribution in [0.3, 0.4) is 0 Å². The average molecular weight is 549 g/mol. The highest BCUT2D eigenvalue weighted by atomic mass is 79.9. The van der Waals surface area contributed by atoms with E-state index in [-0.39, 0.29) is 11.3 Å². The van der Waals surface area contributed by atoms with Crippen LogP contribution in [0.4, 0.5) is 5.13 Å². The number of rotatable bonds is 4. The molecule has 1 N–H and O–H groups in total. The van der Waals surface area contributed by atoms with Crippen molar-refractivity contribution in [1.82, 2.24) is 4.98 Å².